The Kier molecular flexibility index (Phi) is 5.49. The Morgan fingerprint density at radius 1 is 1.24 bits per heavy atom. The Bertz CT molecular complexity index is 990. The van der Waals surface area contributed by atoms with Gasteiger partial charge in [-0.15, -0.1) is 0 Å². The molecule has 0 saturated carbocycles. The van der Waals surface area contributed by atoms with Crippen LogP contribution in [0.15, 0.2) is 42.9 Å². The lowest BCUT2D eigenvalue weighted by Gasteiger charge is -2.32. The molecule has 7 nitrogen and oxygen atoms in total. The van der Waals surface area contributed by atoms with Crippen LogP contribution in [0.4, 0.5) is 5.95 Å². The first kappa shape index (κ1) is 19.4. The lowest BCUT2D eigenvalue weighted by Crippen LogP contribution is -2.38. The molecule has 0 spiro atoms. The molecular formula is C22H27N5O2. The number of fused-ring (bicyclic) bond motifs is 1. The second-order valence-electron chi connectivity index (χ2n) is 7.85. The molecule has 1 aliphatic rings. The summed E-state index contributed by atoms with van der Waals surface area (Å²) >= 11 is 0. The zero-order valence-electron chi connectivity index (χ0n) is 16.9. The summed E-state index contributed by atoms with van der Waals surface area (Å²) in [7, 11) is 2.10. The number of rotatable bonds is 6. The van der Waals surface area contributed by atoms with Gasteiger partial charge < -0.3 is 19.9 Å². The summed E-state index contributed by atoms with van der Waals surface area (Å²) in [6.07, 6.45) is 7.12. The number of carboxylic acid groups (broad SMARTS) is 1. The van der Waals surface area contributed by atoms with E-state index in [-0.39, 0.29) is 5.56 Å². The molecular weight excluding hydrogens is 366 g/mol. The van der Waals surface area contributed by atoms with Crippen molar-refractivity contribution in [3.8, 4) is 0 Å². The SMILES string of the molecule is CC(NCC1CCN(c2ncc(C(=O)O)cn2)CC1)c1cn(C)c2ccccc12. The van der Waals surface area contributed by atoms with E-state index in [1.165, 1.54) is 28.9 Å². The van der Waals surface area contributed by atoms with Gasteiger partial charge in [0.05, 0.1) is 5.56 Å². The summed E-state index contributed by atoms with van der Waals surface area (Å²) in [5.41, 5.74) is 2.72. The van der Waals surface area contributed by atoms with E-state index in [1.54, 1.807) is 0 Å². The fourth-order valence-electron chi connectivity index (χ4n) is 4.10. The van der Waals surface area contributed by atoms with Crippen molar-refractivity contribution in [3.05, 3.63) is 54.0 Å². The fraction of sp³-hybridized carbons (Fsp3) is 0.409. The quantitative estimate of drug-likeness (QED) is 0.669. The zero-order valence-corrected chi connectivity index (χ0v) is 16.9. The van der Waals surface area contributed by atoms with Crippen LogP contribution in [0.5, 0.6) is 0 Å². The van der Waals surface area contributed by atoms with Crippen molar-refractivity contribution >= 4 is 22.8 Å². The number of aromatic nitrogens is 3. The molecule has 0 bridgehead atoms. The number of carboxylic acids is 1. The number of para-hydroxylation sites is 1. The minimum Gasteiger partial charge on any atom is -0.478 e. The lowest BCUT2D eigenvalue weighted by molar-refractivity contribution is 0.0696. The highest BCUT2D eigenvalue weighted by Crippen LogP contribution is 2.26. The molecule has 1 saturated heterocycles. The van der Waals surface area contributed by atoms with Crippen molar-refractivity contribution in [2.24, 2.45) is 13.0 Å². The average molecular weight is 393 g/mol. The molecule has 3 heterocycles. The summed E-state index contributed by atoms with van der Waals surface area (Å²) in [4.78, 5) is 21.5. The molecule has 7 heteroatoms. The van der Waals surface area contributed by atoms with Gasteiger partial charge in [-0.2, -0.15) is 0 Å². The third-order valence-corrected chi connectivity index (χ3v) is 5.89. The maximum atomic E-state index is 10.9. The van der Waals surface area contributed by atoms with Crippen molar-refractivity contribution in [1.82, 2.24) is 19.9 Å². The first-order valence-electron chi connectivity index (χ1n) is 10.1. The number of aromatic carboxylic acids is 1. The van der Waals surface area contributed by atoms with Gasteiger partial charge in [-0.05, 0) is 43.9 Å². The molecule has 29 heavy (non-hydrogen) atoms. The van der Waals surface area contributed by atoms with E-state index in [2.05, 4.69) is 69.2 Å². The molecule has 1 aliphatic heterocycles. The Hall–Kier alpha value is -2.93. The van der Waals surface area contributed by atoms with E-state index in [0.29, 0.717) is 17.9 Å². The number of aryl methyl sites for hydroxylation is 1. The van der Waals surface area contributed by atoms with Gasteiger partial charge in [-0.3, -0.25) is 0 Å². The lowest BCUT2D eigenvalue weighted by atomic mass is 9.96. The number of anilines is 1. The monoisotopic (exact) mass is 393 g/mol. The van der Waals surface area contributed by atoms with Gasteiger partial charge in [0, 0.05) is 55.7 Å². The van der Waals surface area contributed by atoms with Crippen LogP contribution < -0.4 is 10.2 Å². The number of piperidine rings is 1. The smallest absolute Gasteiger partial charge is 0.338 e. The molecule has 152 valence electrons. The van der Waals surface area contributed by atoms with Crippen molar-refractivity contribution < 1.29 is 9.90 Å². The number of nitrogens with zero attached hydrogens (tertiary/aromatic N) is 4. The highest BCUT2D eigenvalue weighted by molar-refractivity contribution is 5.86. The molecule has 3 aromatic rings. The van der Waals surface area contributed by atoms with E-state index in [1.807, 2.05) is 0 Å². The number of nitrogens with one attached hydrogen (secondary N) is 1. The summed E-state index contributed by atoms with van der Waals surface area (Å²) in [5, 5.41) is 14.0. The number of hydrogen-bond acceptors (Lipinski definition) is 5. The van der Waals surface area contributed by atoms with Crippen molar-refractivity contribution in [2.75, 3.05) is 24.5 Å². The largest absolute Gasteiger partial charge is 0.478 e. The number of benzene rings is 1. The Morgan fingerprint density at radius 2 is 1.93 bits per heavy atom. The average Bonchev–Trinajstić information content (AvgIpc) is 3.09. The predicted molar refractivity (Wildman–Crippen MR) is 113 cm³/mol. The van der Waals surface area contributed by atoms with E-state index in [4.69, 9.17) is 5.11 Å². The third kappa shape index (κ3) is 4.10. The Balaban J connectivity index is 1.31. The first-order valence-corrected chi connectivity index (χ1v) is 10.1. The molecule has 0 amide bonds. The van der Waals surface area contributed by atoms with Crippen LogP contribution in [-0.2, 0) is 7.05 Å². The Labute approximate surface area is 170 Å². The maximum Gasteiger partial charge on any atom is 0.338 e. The second kappa shape index (κ2) is 8.21. The molecule has 1 atom stereocenters. The normalized spacial score (nSPS) is 16.3. The van der Waals surface area contributed by atoms with Crippen LogP contribution in [0, 0.1) is 5.92 Å². The van der Waals surface area contributed by atoms with Gasteiger partial charge in [0.25, 0.3) is 0 Å². The standard InChI is InChI=1S/C22H27N5O2/c1-15(19-14-26(2)20-6-4-3-5-18(19)20)23-11-16-7-9-27(10-8-16)22-24-12-17(13-25-22)21(28)29/h3-6,12-16,23H,7-11H2,1-2H3,(H,28,29). The van der Waals surface area contributed by atoms with Crippen LogP contribution >= 0.6 is 0 Å². The summed E-state index contributed by atoms with van der Waals surface area (Å²) in [5.74, 6) is 0.231. The molecule has 1 aromatic carbocycles. The van der Waals surface area contributed by atoms with Crippen LogP contribution in [0.3, 0.4) is 0 Å². The molecule has 1 unspecified atom stereocenters. The van der Waals surface area contributed by atoms with Gasteiger partial charge in [0.2, 0.25) is 5.95 Å². The highest BCUT2D eigenvalue weighted by atomic mass is 16.4. The fourth-order valence-corrected chi connectivity index (χ4v) is 4.10. The van der Waals surface area contributed by atoms with Crippen LogP contribution in [0.25, 0.3) is 10.9 Å². The van der Waals surface area contributed by atoms with E-state index in [0.717, 1.165) is 32.5 Å². The van der Waals surface area contributed by atoms with E-state index >= 15 is 0 Å². The van der Waals surface area contributed by atoms with Gasteiger partial charge in [0.15, 0.2) is 0 Å². The zero-order chi connectivity index (χ0) is 20.4. The molecule has 2 aromatic heterocycles. The molecule has 1 fully saturated rings. The van der Waals surface area contributed by atoms with Crippen LogP contribution in [-0.4, -0.2) is 45.2 Å². The number of hydrogen-bond donors (Lipinski definition) is 2. The van der Waals surface area contributed by atoms with Crippen molar-refractivity contribution in [2.45, 2.75) is 25.8 Å². The Morgan fingerprint density at radius 3 is 2.62 bits per heavy atom. The third-order valence-electron chi connectivity index (χ3n) is 5.89. The van der Waals surface area contributed by atoms with Crippen LogP contribution in [0.2, 0.25) is 0 Å². The molecule has 2 N–H and O–H groups in total. The highest BCUT2D eigenvalue weighted by Gasteiger charge is 2.22. The van der Waals surface area contributed by atoms with E-state index in [9.17, 15) is 4.79 Å². The van der Waals surface area contributed by atoms with Crippen molar-refractivity contribution in [3.63, 3.8) is 0 Å². The molecule has 4 rings (SSSR count). The summed E-state index contributed by atoms with van der Waals surface area (Å²) < 4.78 is 2.19. The van der Waals surface area contributed by atoms with E-state index < -0.39 is 5.97 Å². The number of carbonyl (C=O) groups is 1. The summed E-state index contributed by atoms with van der Waals surface area (Å²) in [6.45, 7) is 4.99. The summed E-state index contributed by atoms with van der Waals surface area (Å²) in [6, 6.07) is 8.82. The first-order chi connectivity index (χ1) is 14.0. The van der Waals surface area contributed by atoms with Gasteiger partial charge >= 0.3 is 5.97 Å². The minimum absolute atomic E-state index is 0.121. The topological polar surface area (TPSA) is 83.3 Å². The van der Waals surface area contributed by atoms with Crippen LogP contribution in [0.1, 0.15) is 41.7 Å². The maximum absolute atomic E-state index is 10.9. The molecule has 0 aliphatic carbocycles. The van der Waals surface area contributed by atoms with Gasteiger partial charge in [-0.25, -0.2) is 14.8 Å². The minimum atomic E-state index is -0.998. The molecule has 0 radical (unpaired) electrons. The van der Waals surface area contributed by atoms with Gasteiger partial charge in [0.1, 0.15) is 0 Å². The predicted octanol–water partition coefficient (Wildman–Crippen LogP) is 3.23. The van der Waals surface area contributed by atoms with Gasteiger partial charge in [-0.1, -0.05) is 18.2 Å². The van der Waals surface area contributed by atoms with Crippen molar-refractivity contribution in [1.29, 1.82) is 0 Å². The second-order valence-corrected chi connectivity index (χ2v) is 7.85.